The first kappa shape index (κ1) is 17.1. The summed E-state index contributed by atoms with van der Waals surface area (Å²) in [6, 6.07) is 9.46. The molecule has 26 heavy (non-hydrogen) atoms. The van der Waals surface area contributed by atoms with Crippen LogP contribution in [-0.2, 0) is 4.79 Å². The van der Waals surface area contributed by atoms with E-state index in [2.05, 4.69) is 10.6 Å². The first-order valence-electron chi connectivity index (χ1n) is 8.12. The van der Waals surface area contributed by atoms with Crippen LogP contribution in [0.2, 0.25) is 5.02 Å². The number of carbonyl (C=O) groups is 1. The number of halogens is 1. The Morgan fingerprint density at radius 2 is 1.96 bits per heavy atom. The number of anilines is 1. The fraction of sp³-hybridized carbons (Fsp3) is 0.211. The third-order valence-electron chi connectivity index (χ3n) is 4.25. The molecule has 134 valence electrons. The third kappa shape index (κ3) is 3.34. The van der Waals surface area contributed by atoms with Crippen molar-refractivity contribution in [3.05, 3.63) is 56.9 Å². The van der Waals surface area contributed by atoms with E-state index >= 15 is 0 Å². The van der Waals surface area contributed by atoms with Gasteiger partial charge < -0.3 is 20.1 Å². The van der Waals surface area contributed by atoms with Crippen molar-refractivity contribution in [3.63, 3.8) is 0 Å². The lowest BCUT2D eigenvalue weighted by Crippen LogP contribution is -2.31. The average molecular weight is 389 g/mol. The van der Waals surface area contributed by atoms with Crippen molar-refractivity contribution >= 4 is 41.0 Å². The van der Waals surface area contributed by atoms with E-state index in [1.54, 1.807) is 0 Å². The van der Waals surface area contributed by atoms with Gasteiger partial charge in [-0.3, -0.25) is 4.79 Å². The van der Waals surface area contributed by atoms with Gasteiger partial charge in [-0.2, -0.15) is 0 Å². The van der Waals surface area contributed by atoms with Crippen molar-refractivity contribution in [2.75, 3.05) is 12.1 Å². The largest absolute Gasteiger partial charge is 0.454 e. The Hall–Kier alpha value is -2.31. The number of hydrogen-bond donors (Lipinski definition) is 2. The van der Waals surface area contributed by atoms with Crippen LogP contribution in [0.4, 0.5) is 5.69 Å². The number of aryl methyl sites for hydroxylation is 2. The Labute approximate surface area is 160 Å². The minimum Gasteiger partial charge on any atom is -0.454 e. The van der Waals surface area contributed by atoms with Crippen LogP contribution in [0, 0.1) is 13.8 Å². The zero-order valence-corrected chi connectivity index (χ0v) is 15.8. The molecule has 2 aliphatic heterocycles. The van der Waals surface area contributed by atoms with Crippen molar-refractivity contribution in [1.29, 1.82) is 0 Å². The number of carbonyl (C=O) groups excluding carboxylic acids is 1. The molecule has 1 unspecified atom stereocenters. The van der Waals surface area contributed by atoms with Crippen LogP contribution >= 0.6 is 23.4 Å². The highest BCUT2D eigenvalue weighted by Gasteiger charge is 2.28. The summed E-state index contributed by atoms with van der Waals surface area (Å²) in [5.41, 5.74) is 3.70. The summed E-state index contributed by atoms with van der Waals surface area (Å²) in [6.45, 7) is 4.19. The van der Waals surface area contributed by atoms with Gasteiger partial charge in [0.15, 0.2) is 17.0 Å². The van der Waals surface area contributed by atoms with Gasteiger partial charge in [-0.05, 0) is 66.9 Å². The van der Waals surface area contributed by atoms with Gasteiger partial charge in [-0.1, -0.05) is 23.4 Å². The predicted molar refractivity (Wildman–Crippen MR) is 105 cm³/mol. The van der Waals surface area contributed by atoms with E-state index in [1.165, 1.54) is 11.8 Å². The molecule has 0 radical (unpaired) electrons. The molecule has 4 rings (SSSR count). The first-order chi connectivity index (χ1) is 12.5. The Morgan fingerprint density at radius 3 is 2.73 bits per heavy atom. The SMILES string of the molecule is Cc1cc2c(cc1/C=C1\SC(Nc3ccc(Cl)cc3C)NC1=O)OCO2. The highest BCUT2D eigenvalue weighted by atomic mass is 35.5. The van der Waals surface area contributed by atoms with Crippen molar-refractivity contribution in [2.45, 2.75) is 19.3 Å². The van der Waals surface area contributed by atoms with Gasteiger partial charge >= 0.3 is 0 Å². The van der Waals surface area contributed by atoms with Crippen LogP contribution < -0.4 is 20.1 Å². The summed E-state index contributed by atoms with van der Waals surface area (Å²) in [4.78, 5) is 13.0. The molecule has 0 bridgehead atoms. The van der Waals surface area contributed by atoms with Crippen molar-refractivity contribution in [2.24, 2.45) is 0 Å². The summed E-state index contributed by atoms with van der Waals surface area (Å²) in [6.07, 6.45) is 1.88. The standard InChI is InChI=1S/C19H17ClN2O3S/c1-10-6-15-16(25-9-24-15)7-12(10)8-17-18(23)22-19(26-17)21-14-4-3-13(20)5-11(14)2/h3-8,19,21H,9H2,1-2H3,(H,22,23)/b17-8-. The minimum absolute atomic E-state index is 0.101. The maximum atomic E-state index is 12.3. The number of hydrogen-bond acceptors (Lipinski definition) is 5. The molecule has 2 N–H and O–H groups in total. The quantitative estimate of drug-likeness (QED) is 0.768. The molecule has 7 heteroatoms. The second kappa shape index (κ2) is 6.78. The lowest BCUT2D eigenvalue weighted by atomic mass is 10.1. The fourth-order valence-electron chi connectivity index (χ4n) is 2.85. The van der Waals surface area contributed by atoms with E-state index in [4.69, 9.17) is 21.1 Å². The summed E-state index contributed by atoms with van der Waals surface area (Å²) in [5.74, 6) is 1.35. The Balaban J connectivity index is 1.54. The van der Waals surface area contributed by atoms with Crippen molar-refractivity contribution in [1.82, 2.24) is 5.32 Å². The first-order valence-corrected chi connectivity index (χ1v) is 9.37. The van der Waals surface area contributed by atoms with E-state index in [0.717, 1.165) is 28.1 Å². The van der Waals surface area contributed by atoms with Crippen LogP contribution in [0.1, 0.15) is 16.7 Å². The summed E-state index contributed by atoms with van der Waals surface area (Å²) in [5, 5.41) is 6.96. The normalized spacial score (nSPS) is 19.7. The second-order valence-corrected chi connectivity index (χ2v) is 7.73. The minimum atomic E-state index is -0.233. The lowest BCUT2D eigenvalue weighted by molar-refractivity contribution is -0.116. The molecule has 0 aliphatic carbocycles. The van der Waals surface area contributed by atoms with Gasteiger partial charge in [0.2, 0.25) is 6.79 Å². The molecule has 0 aromatic heterocycles. The summed E-state index contributed by atoms with van der Waals surface area (Å²) < 4.78 is 10.8. The molecule has 1 atom stereocenters. The fourth-order valence-corrected chi connectivity index (χ4v) is 4.05. The highest BCUT2D eigenvalue weighted by Crippen LogP contribution is 2.37. The van der Waals surface area contributed by atoms with Crippen LogP contribution in [-0.4, -0.2) is 18.2 Å². The molecule has 1 amide bonds. The van der Waals surface area contributed by atoms with Gasteiger partial charge in [0.05, 0.1) is 4.91 Å². The monoisotopic (exact) mass is 388 g/mol. The van der Waals surface area contributed by atoms with Crippen LogP contribution in [0.5, 0.6) is 11.5 Å². The molecule has 2 heterocycles. The number of nitrogens with one attached hydrogen (secondary N) is 2. The van der Waals surface area contributed by atoms with E-state index < -0.39 is 0 Å². The van der Waals surface area contributed by atoms with Crippen LogP contribution in [0.3, 0.4) is 0 Å². The van der Waals surface area contributed by atoms with Crippen LogP contribution in [0.15, 0.2) is 35.2 Å². The summed E-state index contributed by atoms with van der Waals surface area (Å²) in [7, 11) is 0. The van der Waals surface area contributed by atoms with Gasteiger partial charge in [0, 0.05) is 10.7 Å². The number of ether oxygens (including phenoxy) is 2. The average Bonchev–Trinajstić information content (AvgIpc) is 3.17. The lowest BCUT2D eigenvalue weighted by Gasteiger charge is -2.15. The number of thioether (sulfide) groups is 1. The van der Waals surface area contributed by atoms with Gasteiger partial charge in [-0.15, -0.1) is 0 Å². The van der Waals surface area contributed by atoms with Crippen molar-refractivity contribution < 1.29 is 14.3 Å². The Kier molecular flexibility index (Phi) is 4.46. The second-order valence-electron chi connectivity index (χ2n) is 6.15. The van der Waals surface area contributed by atoms with E-state index in [0.29, 0.717) is 15.7 Å². The molecule has 1 fully saturated rings. The maximum absolute atomic E-state index is 12.3. The molecule has 0 spiro atoms. The number of benzene rings is 2. The Morgan fingerprint density at radius 1 is 1.19 bits per heavy atom. The zero-order valence-electron chi connectivity index (χ0n) is 14.3. The molecular formula is C19H17ClN2O3S. The zero-order chi connectivity index (χ0) is 18.3. The molecule has 1 saturated heterocycles. The number of amides is 1. The number of rotatable bonds is 3. The van der Waals surface area contributed by atoms with Gasteiger partial charge in [0.1, 0.15) is 0 Å². The molecule has 5 nitrogen and oxygen atoms in total. The molecule has 2 aromatic rings. The highest BCUT2D eigenvalue weighted by molar-refractivity contribution is 8.05. The smallest absolute Gasteiger partial charge is 0.260 e. The Bertz CT molecular complexity index is 929. The van der Waals surface area contributed by atoms with Crippen molar-refractivity contribution in [3.8, 4) is 11.5 Å². The number of fused-ring (bicyclic) bond motifs is 1. The topological polar surface area (TPSA) is 59.6 Å². The van der Waals surface area contributed by atoms with E-state index in [-0.39, 0.29) is 18.2 Å². The molecule has 2 aromatic carbocycles. The summed E-state index contributed by atoms with van der Waals surface area (Å²) >= 11 is 7.44. The maximum Gasteiger partial charge on any atom is 0.260 e. The predicted octanol–water partition coefficient (Wildman–Crippen LogP) is 4.29. The van der Waals surface area contributed by atoms with Gasteiger partial charge in [0.25, 0.3) is 5.91 Å². The van der Waals surface area contributed by atoms with E-state index in [1.807, 2.05) is 50.3 Å². The van der Waals surface area contributed by atoms with Gasteiger partial charge in [-0.25, -0.2) is 0 Å². The third-order valence-corrected chi connectivity index (χ3v) is 5.52. The molecule has 2 aliphatic rings. The van der Waals surface area contributed by atoms with E-state index in [9.17, 15) is 4.79 Å². The van der Waals surface area contributed by atoms with Crippen LogP contribution in [0.25, 0.3) is 6.08 Å². The molecular weight excluding hydrogens is 372 g/mol. The molecule has 0 saturated carbocycles.